The maximum absolute atomic E-state index is 13.1. The standard InChI is InChI=1S/C25H31N3O7S2/c1-5-35-23(29)17-28-21-11-6-18(2)16-22(21)36-25(28)26-24(30)19-7-9-20(10-8-19)37(31,32)27(12-14-33-3)13-15-34-4/h6-11,16H,5,12-15,17H2,1-4H3. The van der Waals surface area contributed by atoms with E-state index in [2.05, 4.69) is 4.99 Å². The summed E-state index contributed by atoms with van der Waals surface area (Å²) in [5, 5.41) is 0. The SMILES string of the molecule is CCOC(=O)Cn1c(=NC(=O)c2ccc(S(=O)(=O)N(CCOC)CCOC)cc2)sc2cc(C)ccc21. The van der Waals surface area contributed by atoms with Gasteiger partial charge in [-0.25, -0.2) is 8.42 Å². The molecule has 0 atom stereocenters. The Hall–Kier alpha value is -2.90. The summed E-state index contributed by atoms with van der Waals surface area (Å²) in [4.78, 5) is 29.9. The van der Waals surface area contributed by atoms with Crippen molar-refractivity contribution in [3.8, 4) is 0 Å². The van der Waals surface area contributed by atoms with E-state index in [0.717, 1.165) is 15.8 Å². The number of amides is 1. The minimum absolute atomic E-state index is 0.0472. The number of carbonyl (C=O) groups is 2. The van der Waals surface area contributed by atoms with Crippen molar-refractivity contribution in [2.75, 3.05) is 47.1 Å². The van der Waals surface area contributed by atoms with E-state index in [1.165, 1.54) is 54.1 Å². The number of benzene rings is 2. The predicted molar refractivity (Wildman–Crippen MR) is 140 cm³/mol. The number of carbonyl (C=O) groups excluding carboxylic acids is 2. The monoisotopic (exact) mass is 549 g/mol. The molecule has 0 saturated heterocycles. The third-order valence-electron chi connectivity index (χ3n) is 5.46. The number of fused-ring (bicyclic) bond motifs is 1. The second kappa shape index (κ2) is 13.1. The van der Waals surface area contributed by atoms with Gasteiger partial charge in [-0.05, 0) is 55.8 Å². The number of ether oxygens (including phenoxy) is 3. The maximum atomic E-state index is 13.1. The summed E-state index contributed by atoms with van der Waals surface area (Å²) < 4.78 is 45.2. The van der Waals surface area contributed by atoms with Crippen molar-refractivity contribution in [1.82, 2.24) is 8.87 Å². The molecule has 0 aliphatic rings. The number of methoxy groups -OCH3 is 2. The lowest BCUT2D eigenvalue weighted by Crippen LogP contribution is -2.36. The number of nitrogens with zero attached hydrogens (tertiary/aromatic N) is 3. The first kappa shape index (κ1) is 28.7. The first-order chi connectivity index (χ1) is 17.7. The van der Waals surface area contributed by atoms with Crippen molar-refractivity contribution < 1.29 is 32.2 Å². The lowest BCUT2D eigenvalue weighted by atomic mass is 10.2. The van der Waals surface area contributed by atoms with E-state index >= 15 is 0 Å². The van der Waals surface area contributed by atoms with E-state index < -0.39 is 21.9 Å². The Kier molecular flexibility index (Phi) is 10.1. The van der Waals surface area contributed by atoms with Gasteiger partial charge in [0.15, 0.2) is 4.80 Å². The van der Waals surface area contributed by atoms with Gasteiger partial charge in [-0.15, -0.1) is 0 Å². The van der Waals surface area contributed by atoms with Crippen molar-refractivity contribution >= 4 is 43.5 Å². The molecule has 2 aromatic carbocycles. The fraction of sp³-hybridized carbons (Fsp3) is 0.400. The van der Waals surface area contributed by atoms with Crippen LogP contribution in [0.3, 0.4) is 0 Å². The second-order valence-corrected chi connectivity index (χ2v) is 11.0. The molecule has 0 radical (unpaired) electrons. The first-order valence-corrected chi connectivity index (χ1v) is 13.9. The van der Waals surface area contributed by atoms with Gasteiger partial charge in [0.1, 0.15) is 6.54 Å². The average molecular weight is 550 g/mol. The second-order valence-electron chi connectivity index (χ2n) is 8.08. The zero-order valence-electron chi connectivity index (χ0n) is 21.3. The van der Waals surface area contributed by atoms with Gasteiger partial charge >= 0.3 is 5.97 Å². The summed E-state index contributed by atoms with van der Waals surface area (Å²) in [6.45, 7) is 4.66. The van der Waals surface area contributed by atoms with Crippen LogP contribution in [-0.4, -0.2) is 76.3 Å². The lowest BCUT2D eigenvalue weighted by Gasteiger charge is -2.21. The number of sulfonamides is 1. The summed E-state index contributed by atoms with van der Waals surface area (Å²) in [6, 6.07) is 11.4. The van der Waals surface area contributed by atoms with Gasteiger partial charge in [-0.3, -0.25) is 9.59 Å². The zero-order chi connectivity index (χ0) is 27.0. The van der Waals surface area contributed by atoms with Gasteiger partial charge in [0, 0.05) is 32.9 Å². The number of rotatable bonds is 12. The summed E-state index contributed by atoms with van der Waals surface area (Å²) in [6.07, 6.45) is 0. The van der Waals surface area contributed by atoms with Gasteiger partial charge in [-0.1, -0.05) is 17.4 Å². The van der Waals surface area contributed by atoms with E-state index in [0.29, 0.717) is 4.80 Å². The van der Waals surface area contributed by atoms with E-state index in [1.54, 1.807) is 11.5 Å². The molecule has 1 heterocycles. The Morgan fingerprint density at radius 2 is 1.68 bits per heavy atom. The van der Waals surface area contributed by atoms with Crippen LogP contribution in [0, 0.1) is 6.92 Å². The number of aromatic nitrogens is 1. The van der Waals surface area contributed by atoms with Crippen LogP contribution in [0.4, 0.5) is 0 Å². The van der Waals surface area contributed by atoms with Gasteiger partial charge in [0.05, 0.1) is 34.9 Å². The van der Waals surface area contributed by atoms with Crippen LogP contribution in [-0.2, 0) is 35.6 Å². The van der Waals surface area contributed by atoms with Crippen LogP contribution in [0.25, 0.3) is 10.2 Å². The molecule has 0 aliphatic carbocycles. The van der Waals surface area contributed by atoms with Crippen LogP contribution >= 0.6 is 11.3 Å². The normalized spacial score (nSPS) is 12.4. The smallest absolute Gasteiger partial charge is 0.326 e. The molecule has 0 aliphatic heterocycles. The molecule has 3 aromatic rings. The molecular formula is C25H31N3O7S2. The molecule has 10 nitrogen and oxygen atoms in total. The molecule has 0 unspecified atom stereocenters. The number of hydrogen-bond donors (Lipinski definition) is 0. The Labute approximate surface area is 220 Å². The quantitative estimate of drug-likeness (QED) is 0.319. The molecule has 0 bridgehead atoms. The van der Waals surface area contributed by atoms with E-state index in [9.17, 15) is 18.0 Å². The zero-order valence-corrected chi connectivity index (χ0v) is 22.9. The summed E-state index contributed by atoms with van der Waals surface area (Å²) in [5.41, 5.74) is 2.02. The Bertz CT molecular complexity index is 1400. The third-order valence-corrected chi connectivity index (χ3v) is 8.41. The highest BCUT2D eigenvalue weighted by Crippen LogP contribution is 2.20. The number of thiazole rings is 1. The first-order valence-electron chi connectivity index (χ1n) is 11.6. The van der Waals surface area contributed by atoms with Crippen molar-refractivity contribution in [2.45, 2.75) is 25.3 Å². The molecule has 0 N–H and O–H groups in total. The molecule has 37 heavy (non-hydrogen) atoms. The molecule has 1 amide bonds. The number of esters is 1. The third kappa shape index (κ3) is 7.11. The van der Waals surface area contributed by atoms with Gasteiger partial charge < -0.3 is 18.8 Å². The number of hydrogen-bond acceptors (Lipinski definition) is 8. The van der Waals surface area contributed by atoms with Gasteiger partial charge in [-0.2, -0.15) is 9.30 Å². The van der Waals surface area contributed by atoms with Crippen LogP contribution in [0.2, 0.25) is 0 Å². The average Bonchev–Trinajstić information content (AvgIpc) is 3.19. The molecule has 0 saturated carbocycles. The van der Waals surface area contributed by atoms with Crippen molar-refractivity contribution in [3.63, 3.8) is 0 Å². The molecule has 3 rings (SSSR count). The van der Waals surface area contributed by atoms with E-state index in [4.69, 9.17) is 14.2 Å². The molecular weight excluding hydrogens is 518 g/mol. The fourth-order valence-electron chi connectivity index (χ4n) is 3.56. The number of aryl methyl sites for hydroxylation is 1. The lowest BCUT2D eigenvalue weighted by molar-refractivity contribution is -0.143. The minimum atomic E-state index is -3.82. The van der Waals surface area contributed by atoms with Crippen molar-refractivity contribution in [3.05, 3.63) is 58.4 Å². The maximum Gasteiger partial charge on any atom is 0.326 e. The van der Waals surface area contributed by atoms with Crippen LogP contribution < -0.4 is 4.80 Å². The molecule has 1 aromatic heterocycles. The summed E-state index contributed by atoms with van der Waals surface area (Å²) in [7, 11) is -0.818. The Morgan fingerprint density at radius 3 is 2.27 bits per heavy atom. The predicted octanol–water partition coefficient (Wildman–Crippen LogP) is 2.60. The van der Waals surface area contributed by atoms with Crippen LogP contribution in [0.1, 0.15) is 22.8 Å². The Morgan fingerprint density at radius 1 is 1.03 bits per heavy atom. The van der Waals surface area contributed by atoms with Crippen molar-refractivity contribution in [2.24, 2.45) is 4.99 Å². The van der Waals surface area contributed by atoms with Gasteiger partial charge in [0.2, 0.25) is 10.0 Å². The van der Waals surface area contributed by atoms with Crippen molar-refractivity contribution in [1.29, 1.82) is 0 Å². The molecule has 200 valence electrons. The topological polar surface area (TPSA) is 117 Å². The summed E-state index contributed by atoms with van der Waals surface area (Å²) >= 11 is 1.29. The Balaban J connectivity index is 1.93. The highest BCUT2D eigenvalue weighted by atomic mass is 32.2. The highest BCUT2D eigenvalue weighted by molar-refractivity contribution is 7.89. The fourth-order valence-corrected chi connectivity index (χ4v) is 6.10. The molecule has 0 fully saturated rings. The van der Waals surface area contributed by atoms with Crippen LogP contribution in [0.15, 0.2) is 52.4 Å². The largest absolute Gasteiger partial charge is 0.465 e. The minimum Gasteiger partial charge on any atom is -0.465 e. The molecule has 0 spiro atoms. The summed E-state index contributed by atoms with van der Waals surface area (Å²) in [5.74, 6) is -0.988. The van der Waals surface area contributed by atoms with Gasteiger partial charge in [0.25, 0.3) is 5.91 Å². The van der Waals surface area contributed by atoms with Crippen LogP contribution in [0.5, 0.6) is 0 Å². The molecule has 12 heteroatoms. The highest BCUT2D eigenvalue weighted by Gasteiger charge is 2.24. The van der Waals surface area contributed by atoms with E-state index in [1.807, 2.05) is 25.1 Å². The van der Waals surface area contributed by atoms with E-state index in [-0.39, 0.29) is 49.9 Å².